The van der Waals surface area contributed by atoms with Crippen LogP contribution in [0.5, 0.6) is 0 Å². The Balaban J connectivity index is 1.28. The molecule has 4 N–H and O–H groups in total. The minimum atomic E-state index is -1.25. The first-order valence-corrected chi connectivity index (χ1v) is 14.4. The van der Waals surface area contributed by atoms with Crippen molar-refractivity contribution >= 4 is 23.6 Å². The molecule has 2 aliphatic heterocycles. The van der Waals surface area contributed by atoms with Gasteiger partial charge in [-0.25, -0.2) is 14.0 Å². The third kappa shape index (κ3) is 6.61. The SMILES string of the molecule is O=C(O)N[C@H](CF)C1CCC(C(=O)N2CC[C@@H](N3CCCCC3)[C@H]2C(=O)Nc2ccc(-c3noc(=O)[nH]3)cc2)CC1. The summed E-state index contributed by atoms with van der Waals surface area (Å²) in [4.78, 5) is 56.5. The maximum Gasteiger partial charge on any atom is 0.439 e. The molecule has 13 heteroatoms. The number of H-pyrrole nitrogens is 1. The summed E-state index contributed by atoms with van der Waals surface area (Å²) < 4.78 is 18.0. The number of hydrogen-bond acceptors (Lipinski definition) is 7. The molecule has 0 bridgehead atoms. The van der Waals surface area contributed by atoms with Crippen LogP contribution in [0.3, 0.4) is 0 Å². The number of carboxylic acid groups (broad SMARTS) is 1. The van der Waals surface area contributed by atoms with Crippen molar-refractivity contribution in [1.82, 2.24) is 25.3 Å². The molecule has 12 nitrogen and oxygen atoms in total. The first kappa shape index (κ1) is 28.8. The van der Waals surface area contributed by atoms with Crippen molar-refractivity contribution in [3.63, 3.8) is 0 Å². The van der Waals surface area contributed by atoms with Gasteiger partial charge in [0.05, 0.1) is 6.04 Å². The molecule has 41 heavy (non-hydrogen) atoms. The summed E-state index contributed by atoms with van der Waals surface area (Å²) in [6.45, 7) is 1.50. The van der Waals surface area contributed by atoms with Crippen LogP contribution in [0.15, 0.2) is 33.6 Å². The van der Waals surface area contributed by atoms with E-state index in [1.807, 2.05) is 0 Å². The Hall–Kier alpha value is -3.74. The maximum atomic E-state index is 13.8. The van der Waals surface area contributed by atoms with E-state index in [0.29, 0.717) is 49.9 Å². The summed E-state index contributed by atoms with van der Waals surface area (Å²) in [5, 5.41) is 17.9. The minimum absolute atomic E-state index is 0.0589. The van der Waals surface area contributed by atoms with Crippen LogP contribution in [0.2, 0.25) is 0 Å². The van der Waals surface area contributed by atoms with E-state index in [1.165, 1.54) is 0 Å². The van der Waals surface area contributed by atoms with E-state index in [-0.39, 0.29) is 35.5 Å². The molecule has 1 aliphatic carbocycles. The highest BCUT2D eigenvalue weighted by Crippen LogP contribution is 2.35. The van der Waals surface area contributed by atoms with Crippen LogP contribution < -0.4 is 16.4 Å². The van der Waals surface area contributed by atoms with Crippen molar-refractivity contribution in [1.29, 1.82) is 0 Å². The molecule has 1 aromatic carbocycles. The highest BCUT2D eigenvalue weighted by atomic mass is 19.1. The number of piperidine rings is 1. The number of aromatic nitrogens is 2. The molecule has 3 fully saturated rings. The molecule has 0 radical (unpaired) electrons. The van der Waals surface area contributed by atoms with E-state index in [0.717, 1.165) is 32.4 Å². The number of anilines is 1. The number of rotatable bonds is 8. The largest absolute Gasteiger partial charge is 0.465 e. The molecule has 1 aromatic heterocycles. The Kier molecular flexibility index (Phi) is 9.01. The summed E-state index contributed by atoms with van der Waals surface area (Å²) in [5.74, 6) is -1.11. The van der Waals surface area contributed by atoms with Gasteiger partial charge in [-0.15, -0.1) is 0 Å². The molecule has 2 saturated heterocycles. The molecule has 3 heterocycles. The molecule has 3 atom stereocenters. The molecule has 0 spiro atoms. The first-order chi connectivity index (χ1) is 19.8. The van der Waals surface area contributed by atoms with Crippen molar-refractivity contribution < 1.29 is 28.4 Å². The minimum Gasteiger partial charge on any atom is -0.465 e. The molecular weight excluding hydrogens is 535 g/mol. The fourth-order valence-electron chi connectivity index (χ4n) is 6.70. The number of benzene rings is 1. The van der Waals surface area contributed by atoms with Gasteiger partial charge in [-0.1, -0.05) is 11.6 Å². The zero-order valence-electron chi connectivity index (χ0n) is 22.9. The van der Waals surface area contributed by atoms with Crippen LogP contribution in [-0.2, 0) is 9.59 Å². The van der Waals surface area contributed by atoms with E-state index in [2.05, 4.69) is 30.2 Å². The number of alkyl halides is 1. The molecule has 222 valence electrons. The average Bonchev–Trinajstić information content (AvgIpc) is 3.63. The van der Waals surface area contributed by atoms with Crippen LogP contribution in [0.1, 0.15) is 51.4 Å². The van der Waals surface area contributed by atoms with Crippen LogP contribution >= 0.6 is 0 Å². The predicted molar refractivity (Wildman–Crippen MR) is 147 cm³/mol. The Morgan fingerprint density at radius 2 is 1.76 bits per heavy atom. The zero-order valence-corrected chi connectivity index (χ0v) is 22.9. The summed E-state index contributed by atoms with van der Waals surface area (Å²) in [6.07, 6.45) is 4.92. The molecule has 3 aliphatic rings. The van der Waals surface area contributed by atoms with Crippen LogP contribution in [0.25, 0.3) is 11.4 Å². The lowest BCUT2D eigenvalue weighted by Gasteiger charge is -2.38. The van der Waals surface area contributed by atoms with E-state index < -0.39 is 30.6 Å². The van der Waals surface area contributed by atoms with Crippen molar-refractivity contribution in [2.45, 2.75) is 69.5 Å². The van der Waals surface area contributed by atoms with Gasteiger partial charge in [-0.2, -0.15) is 0 Å². The fraction of sp³-hybridized carbons (Fsp3) is 0.607. The van der Waals surface area contributed by atoms with E-state index in [4.69, 9.17) is 5.11 Å². The van der Waals surface area contributed by atoms with Gasteiger partial charge < -0.3 is 20.6 Å². The zero-order chi connectivity index (χ0) is 28.9. The first-order valence-electron chi connectivity index (χ1n) is 14.4. The molecule has 3 amide bonds. The van der Waals surface area contributed by atoms with Crippen molar-refractivity contribution in [2.24, 2.45) is 11.8 Å². The number of carbonyl (C=O) groups is 3. The van der Waals surface area contributed by atoms with Gasteiger partial charge in [0.15, 0.2) is 5.82 Å². The monoisotopic (exact) mass is 572 g/mol. The lowest BCUT2D eigenvalue weighted by Crippen LogP contribution is -2.55. The van der Waals surface area contributed by atoms with Gasteiger partial charge in [0.25, 0.3) is 0 Å². The van der Waals surface area contributed by atoms with Gasteiger partial charge in [-0.3, -0.25) is 24.0 Å². The second kappa shape index (κ2) is 12.8. The lowest BCUT2D eigenvalue weighted by atomic mass is 9.78. The van der Waals surface area contributed by atoms with Crippen LogP contribution in [-0.4, -0.2) is 87.4 Å². The summed E-state index contributed by atoms with van der Waals surface area (Å²) in [5.41, 5.74) is 1.19. The number of nitrogens with zero attached hydrogens (tertiary/aromatic N) is 3. The van der Waals surface area contributed by atoms with Gasteiger partial charge >= 0.3 is 11.8 Å². The molecular formula is C28H37FN6O6. The second-order valence-corrected chi connectivity index (χ2v) is 11.3. The Morgan fingerprint density at radius 1 is 1.05 bits per heavy atom. The van der Waals surface area contributed by atoms with E-state index in [9.17, 15) is 23.6 Å². The fourth-order valence-corrected chi connectivity index (χ4v) is 6.70. The number of likely N-dealkylation sites (tertiary alicyclic amines) is 2. The number of hydrogen-bond donors (Lipinski definition) is 4. The van der Waals surface area contributed by atoms with Crippen molar-refractivity contribution in [3.8, 4) is 11.4 Å². The van der Waals surface area contributed by atoms with Gasteiger partial charge in [0.2, 0.25) is 11.8 Å². The lowest BCUT2D eigenvalue weighted by molar-refractivity contribution is -0.142. The second-order valence-electron chi connectivity index (χ2n) is 11.3. The van der Waals surface area contributed by atoms with Crippen LogP contribution in [0.4, 0.5) is 14.9 Å². The Bertz CT molecular complexity index is 1270. The summed E-state index contributed by atoms with van der Waals surface area (Å²) >= 11 is 0. The number of amides is 3. The molecule has 1 saturated carbocycles. The van der Waals surface area contributed by atoms with Crippen LogP contribution in [0, 0.1) is 11.8 Å². The third-order valence-corrected chi connectivity index (χ3v) is 8.81. The van der Waals surface area contributed by atoms with Gasteiger partial charge in [-0.05, 0) is 88.2 Å². The highest BCUT2D eigenvalue weighted by molar-refractivity contribution is 5.98. The topological polar surface area (TPSA) is 161 Å². The standard InChI is InChI=1S/C28H37FN6O6/c29-16-21(31-27(38)39)17-4-6-19(7-5-17)26(37)35-15-12-22(34-13-2-1-3-14-34)23(35)25(36)30-20-10-8-18(9-11-20)24-32-28(40)41-33-24/h8-11,17,19,21-23,31H,1-7,12-16H2,(H,30,36)(H,38,39)(H,32,33,40)/t17?,19?,21-,22-,23+/m1/s1. The van der Waals surface area contributed by atoms with Gasteiger partial charge in [0, 0.05) is 29.8 Å². The molecule has 5 rings (SSSR count). The normalized spacial score (nSPS) is 25.9. The van der Waals surface area contributed by atoms with Crippen molar-refractivity contribution in [2.75, 3.05) is 31.6 Å². The maximum absolute atomic E-state index is 13.8. The van der Waals surface area contributed by atoms with Crippen molar-refractivity contribution in [3.05, 3.63) is 34.8 Å². The summed E-state index contributed by atoms with van der Waals surface area (Å²) in [6, 6.07) is 5.36. The average molecular weight is 573 g/mol. The molecule has 2 aromatic rings. The summed E-state index contributed by atoms with van der Waals surface area (Å²) in [7, 11) is 0. The third-order valence-electron chi connectivity index (χ3n) is 8.81. The quantitative estimate of drug-likeness (QED) is 0.376. The Morgan fingerprint density at radius 3 is 2.37 bits per heavy atom. The Labute approximate surface area is 236 Å². The number of aromatic amines is 1. The van der Waals surface area contributed by atoms with Gasteiger partial charge in [0.1, 0.15) is 12.7 Å². The predicted octanol–water partition coefficient (Wildman–Crippen LogP) is 2.84. The van der Waals surface area contributed by atoms with E-state index in [1.54, 1.807) is 29.2 Å². The number of nitrogens with one attached hydrogen (secondary N) is 3. The van der Waals surface area contributed by atoms with E-state index >= 15 is 0 Å². The smallest absolute Gasteiger partial charge is 0.439 e. The highest BCUT2D eigenvalue weighted by Gasteiger charge is 2.46. The number of carbonyl (C=O) groups excluding carboxylic acids is 2. The number of halogens is 1. The molecule has 0 unspecified atom stereocenters.